The summed E-state index contributed by atoms with van der Waals surface area (Å²) in [5, 5.41) is 12.2. The first-order valence-corrected chi connectivity index (χ1v) is 15.9. The van der Waals surface area contributed by atoms with Crippen molar-refractivity contribution in [2.45, 2.75) is 57.6 Å². The van der Waals surface area contributed by atoms with Crippen LogP contribution in [0.25, 0.3) is 32.9 Å². The largest absolute Gasteiger partial charge is 0.508 e. The summed E-state index contributed by atoms with van der Waals surface area (Å²) in [6.45, 7) is 8.82. The van der Waals surface area contributed by atoms with Crippen LogP contribution in [0.2, 0.25) is 0 Å². The second kappa shape index (κ2) is 10.5. The summed E-state index contributed by atoms with van der Waals surface area (Å²) in [5.41, 5.74) is 0.824. The van der Waals surface area contributed by atoms with Gasteiger partial charge in [0, 0.05) is 37.3 Å². The molecule has 0 unspecified atom stereocenters. The minimum absolute atomic E-state index is 0.00141. The molecule has 2 aromatic heterocycles. The molecule has 0 radical (unpaired) electrons. The van der Waals surface area contributed by atoms with Crippen molar-refractivity contribution in [3.63, 3.8) is 0 Å². The summed E-state index contributed by atoms with van der Waals surface area (Å²) < 4.78 is 44.1. The molecule has 0 amide bonds. The van der Waals surface area contributed by atoms with Crippen LogP contribution in [0, 0.1) is 23.5 Å². The Morgan fingerprint density at radius 3 is 2.89 bits per heavy atom. The highest BCUT2D eigenvalue weighted by molar-refractivity contribution is 6.01. The standard InChI is InChI=1S/C34H37F2N5O3/c1-3-24-27(35)6-5-21-10-22(42)11-25(28(21)24)30-29(36)31-26(13-37-30)32(40-15-20-9-23(16-40)43-17-20)39-33(38-31)44-18-34-7-4-8-41(34)14-19(2)12-34/h5-6,10-11,13,19-20,23,42H,3-4,7-9,12,14-18H2,1-2H3/t19-,20+,23-,34+/m1/s1. The number of hydrogen-bond donors (Lipinski definition) is 1. The van der Waals surface area contributed by atoms with E-state index in [4.69, 9.17) is 14.5 Å². The molecule has 4 saturated heterocycles. The van der Waals surface area contributed by atoms with Crippen LogP contribution in [0.1, 0.15) is 45.1 Å². The molecule has 4 fully saturated rings. The zero-order valence-electron chi connectivity index (χ0n) is 25.2. The lowest BCUT2D eigenvalue weighted by Crippen LogP contribution is -2.43. The number of aromatic nitrogens is 3. The highest BCUT2D eigenvalue weighted by atomic mass is 19.1. The van der Waals surface area contributed by atoms with Crippen molar-refractivity contribution in [2.75, 3.05) is 44.3 Å². The van der Waals surface area contributed by atoms with Gasteiger partial charge in [0.25, 0.3) is 0 Å². The lowest BCUT2D eigenvalue weighted by Gasteiger charge is -2.33. The van der Waals surface area contributed by atoms with Crippen molar-refractivity contribution in [2.24, 2.45) is 11.8 Å². The fraction of sp³-hybridized carbons (Fsp3) is 0.500. The SMILES string of the molecule is CCc1c(F)ccc2cc(O)cc(-c3ncc4c(N5C[C@H]6CO[C@H](C6)C5)nc(OC[C@@]56CCCN5C[C@H](C)C6)nc4c3F)c12. The van der Waals surface area contributed by atoms with Crippen LogP contribution in [-0.4, -0.2) is 76.0 Å². The number of aryl methyl sites for hydroxylation is 1. The van der Waals surface area contributed by atoms with E-state index in [9.17, 15) is 9.50 Å². The summed E-state index contributed by atoms with van der Waals surface area (Å²) in [7, 11) is 0. The Morgan fingerprint density at radius 1 is 1.16 bits per heavy atom. The second-order valence-corrected chi connectivity index (χ2v) is 13.3. The van der Waals surface area contributed by atoms with Crippen LogP contribution in [0.3, 0.4) is 0 Å². The van der Waals surface area contributed by atoms with Crippen molar-refractivity contribution in [3.8, 4) is 23.0 Å². The van der Waals surface area contributed by atoms with E-state index in [2.05, 4.69) is 26.7 Å². The number of nitrogens with zero attached hydrogens (tertiary/aromatic N) is 5. The Morgan fingerprint density at radius 2 is 2.05 bits per heavy atom. The molecular weight excluding hydrogens is 564 g/mol. The van der Waals surface area contributed by atoms with E-state index in [1.165, 1.54) is 12.1 Å². The number of ether oxygens (including phenoxy) is 2. The smallest absolute Gasteiger partial charge is 0.319 e. The molecule has 2 bridgehead atoms. The molecule has 0 aliphatic carbocycles. The number of rotatable bonds is 6. The quantitative estimate of drug-likeness (QED) is 0.294. The predicted octanol–water partition coefficient (Wildman–Crippen LogP) is 5.87. The average molecular weight is 602 g/mol. The highest BCUT2D eigenvalue weighted by Crippen LogP contribution is 2.43. The fourth-order valence-electron chi connectivity index (χ4n) is 8.41. The summed E-state index contributed by atoms with van der Waals surface area (Å²) >= 11 is 0. The van der Waals surface area contributed by atoms with E-state index < -0.39 is 5.82 Å². The molecule has 8 nitrogen and oxygen atoms in total. The minimum Gasteiger partial charge on any atom is -0.508 e. The number of phenols is 1. The molecule has 4 atom stereocenters. The monoisotopic (exact) mass is 601 g/mol. The van der Waals surface area contributed by atoms with Gasteiger partial charge < -0.3 is 19.5 Å². The third kappa shape index (κ3) is 4.48. The summed E-state index contributed by atoms with van der Waals surface area (Å²) in [6.07, 6.45) is 6.37. The van der Waals surface area contributed by atoms with Crippen LogP contribution in [0.5, 0.6) is 11.8 Å². The van der Waals surface area contributed by atoms with Crippen molar-refractivity contribution < 1.29 is 23.4 Å². The number of piperidine rings is 1. The molecule has 44 heavy (non-hydrogen) atoms. The molecule has 4 aliphatic heterocycles. The lowest BCUT2D eigenvalue weighted by molar-refractivity contribution is 0.107. The number of fused-ring (bicyclic) bond motifs is 5. The number of benzene rings is 2. The third-order valence-electron chi connectivity index (χ3n) is 10.2. The van der Waals surface area contributed by atoms with Gasteiger partial charge in [-0.1, -0.05) is 19.9 Å². The van der Waals surface area contributed by atoms with E-state index in [1.807, 2.05) is 6.92 Å². The second-order valence-electron chi connectivity index (χ2n) is 13.3. The molecule has 8 rings (SSSR count). The molecule has 2 aromatic carbocycles. The van der Waals surface area contributed by atoms with Crippen molar-refractivity contribution in [1.29, 1.82) is 0 Å². The van der Waals surface area contributed by atoms with E-state index in [0.717, 1.165) is 45.3 Å². The summed E-state index contributed by atoms with van der Waals surface area (Å²) in [5.74, 6) is 0.483. The van der Waals surface area contributed by atoms with Crippen LogP contribution in [0.15, 0.2) is 30.5 Å². The molecule has 230 valence electrons. The van der Waals surface area contributed by atoms with E-state index in [-0.39, 0.29) is 40.4 Å². The van der Waals surface area contributed by atoms with Gasteiger partial charge in [-0.25, -0.2) is 8.78 Å². The number of phenolic OH excluding ortho intramolecular Hbond substituents is 1. The first-order chi connectivity index (χ1) is 21.3. The highest BCUT2D eigenvalue weighted by Gasteiger charge is 2.48. The number of hydrogen-bond acceptors (Lipinski definition) is 8. The van der Waals surface area contributed by atoms with Crippen LogP contribution < -0.4 is 9.64 Å². The van der Waals surface area contributed by atoms with E-state index in [1.54, 1.807) is 18.3 Å². The Hall–Kier alpha value is -3.63. The maximum Gasteiger partial charge on any atom is 0.319 e. The molecule has 4 aliphatic rings. The lowest BCUT2D eigenvalue weighted by atomic mass is 9.92. The molecule has 0 spiro atoms. The molecule has 4 aromatic rings. The van der Waals surface area contributed by atoms with Crippen LogP contribution in [0.4, 0.5) is 14.6 Å². The first kappa shape index (κ1) is 27.9. The summed E-state index contributed by atoms with van der Waals surface area (Å²) in [4.78, 5) is 18.8. The van der Waals surface area contributed by atoms with Crippen LogP contribution in [-0.2, 0) is 11.2 Å². The Balaban J connectivity index is 1.27. The Kier molecular flexibility index (Phi) is 6.64. The van der Waals surface area contributed by atoms with Crippen LogP contribution >= 0.6 is 0 Å². The maximum absolute atomic E-state index is 16.8. The number of halogens is 2. The fourth-order valence-corrected chi connectivity index (χ4v) is 8.41. The predicted molar refractivity (Wildman–Crippen MR) is 164 cm³/mol. The number of aromatic hydroxyl groups is 1. The number of anilines is 1. The average Bonchev–Trinajstić information content (AvgIpc) is 3.66. The van der Waals surface area contributed by atoms with Gasteiger partial charge in [-0.2, -0.15) is 9.97 Å². The molecular formula is C34H37F2N5O3. The van der Waals surface area contributed by atoms with Crippen molar-refractivity contribution in [3.05, 3.63) is 47.7 Å². The van der Waals surface area contributed by atoms with Crippen molar-refractivity contribution >= 4 is 27.5 Å². The van der Waals surface area contributed by atoms with Gasteiger partial charge in [0.1, 0.15) is 35.2 Å². The van der Waals surface area contributed by atoms with Gasteiger partial charge in [0.2, 0.25) is 0 Å². The Bertz CT molecular complexity index is 1770. The normalized spacial score (nSPS) is 26.6. The molecule has 6 heterocycles. The van der Waals surface area contributed by atoms with Gasteiger partial charge in [0.05, 0.1) is 23.6 Å². The molecule has 10 heteroatoms. The Labute approximate surface area is 255 Å². The van der Waals surface area contributed by atoms with Gasteiger partial charge in [-0.3, -0.25) is 9.88 Å². The minimum atomic E-state index is -0.652. The molecule has 0 saturated carbocycles. The topological polar surface area (TPSA) is 83.8 Å². The van der Waals surface area contributed by atoms with E-state index in [0.29, 0.717) is 71.1 Å². The zero-order valence-corrected chi connectivity index (χ0v) is 25.2. The summed E-state index contributed by atoms with van der Waals surface area (Å²) in [6, 6.07) is 6.13. The van der Waals surface area contributed by atoms with Gasteiger partial charge in [0.15, 0.2) is 5.82 Å². The molecule has 1 N–H and O–H groups in total. The van der Waals surface area contributed by atoms with Crippen molar-refractivity contribution in [1.82, 2.24) is 19.9 Å². The van der Waals surface area contributed by atoms with Gasteiger partial charge >= 0.3 is 6.01 Å². The maximum atomic E-state index is 16.8. The van der Waals surface area contributed by atoms with Gasteiger partial charge in [-0.15, -0.1) is 0 Å². The van der Waals surface area contributed by atoms with Gasteiger partial charge in [-0.05, 0) is 79.1 Å². The zero-order chi connectivity index (χ0) is 30.2. The third-order valence-corrected chi connectivity index (χ3v) is 10.2. The number of pyridine rings is 1. The first-order valence-electron chi connectivity index (χ1n) is 15.9. The van der Waals surface area contributed by atoms with E-state index >= 15 is 4.39 Å².